The molecule has 0 radical (unpaired) electrons. The van der Waals surface area contributed by atoms with E-state index in [1.54, 1.807) is 18.3 Å². The summed E-state index contributed by atoms with van der Waals surface area (Å²) < 4.78 is 0.854. The number of halogens is 1. The number of rotatable bonds is 1. The number of nitrogens with zero attached hydrogens (tertiary/aromatic N) is 1. The highest BCUT2D eigenvalue weighted by Crippen LogP contribution is 2.09. The van der Waals surface area contributed by atoms with Gasteiger partial charge in [-0.15, -0.1) is 0 Å². The van der Waals surface area contributed by atoms with E-state index in [2.05, 4.69) is 26.2 Å². The molecule has 0 aliphatic rings. The number of carbonyl (C=O) groups excluding carboxylic acids is 1. The van der Waals surface area contributed by atoms with E-state index in [0.717, 1.165) is 4.47 Å². The minimum absolute atomic E-state index is 0.445. The van der Waals surface area contributed by atoms with E-state index in [0.29, 0.717) is 5.82 Å². The van der Waals surface area contributed by atoms with Crippen molar-refractivity contribution in [1.82, 2.24) is 4.98 Å². The number of amides is 2. The van der Waals surface area contributed by atoms with Gasteiger partial charge in [-0.25, -0.2) is 9.78 Å². The fourth-order valence-corrected chi connectivity index (χ4v) is 0.811. The van der Waals surface area contributed by atoms with Crippen LogP contribution in [0.5, 0.6) is 0 Å². The number of primary amides is 1. The Balaban J connectivity index is 2.74. The van der Waals surface area contributed by atoms with E-state index < -0.39 is 6.03 Å². The molecule has 2 amide bonds. The summed E-state index contributed by atoms with van der Waals surface area (Å²) in [5.41, 5.74) is 4.86. The Hall–Kier alpha value is -1.10. The molecule has 0 aromatic carbocycles. The molecule has 1 rings (SSSR count). The Morgan fingerprint density at radius 3 is 2.82 bits per heavy atom. The van der Waals surface area contributed by atoms with Gasteiger partial charge in [-0.05, 0) is 28.1 Å². The normalized spacial score (nSPS) is 9.18. The largest absolute Gasteiger partial charge is 0.351 e. The van der Waals surface area contributed by atoms with Crippen LogP contribution in [-0.4, -0.2) is 11.0 Å². The van der Waals surface area contributed by atoms with Crippen molar-refractivity contribution in [2.24, 2.45) is 5.73 Å². The average molecular weight is 216 g/mol. The lowest BCUT2D eigenvalue weighted by Crippen LogP contribution is -2.19. The summed E-state index contributed by atoms with van der Waals surface area (Å²) in [6, 6.07) is 2.80. The number of nitrogens with one attached hydrogen (secondary N) is 1. The summed E-state index contributed by atoms with van der Waals surface area (Å²) in [5.74, 6) is 0.445. The molecular weight excluding hydrogens is 210 g/mol. The van der Waals surface area contributed by atoms with E-state index in [1.807, 2.05) is 0 Å². The molecule has 5 heteroatoms. The van der Waals surface area contributed by atoms with Gasteiger partial charge in [0.1, 0.15) is 5.82 Å². The van der Waals surface area contributed by atoms with Crippen LogP contribution >= 0.6 is 15.9 Å². The van der Waals surface area contributed by atoms with Crippen LogP contribution in [0.25, 0.3) is 0 Å². The lowest BCUT2D eigenvalue weighted by atomic mass is 10.5. The predicted molar refractivity (Wildman–Crippen MR) is 45.1 cm³/mol. The summed E-state index contributed by atoms with van der Waals surface area (Å²) >= 11 is 3.21. The number of hydrogen-bond acceptors (Lipinski definition) is 2. The van der Waals surface area contributed by atoms with Crippen LogP contribution in [0.2, 0.25) is 0 Å². The van der Waals surface area contributed by atoms with Crippen molar-refractivity contribution < 1.29 is 4.79 Å². The number of aromatic nitrogens is 1. The van der Waals surface area contributed by atoms with Gasteiger partial charge in [0.25, 0.3) is 0 Å². The molecule has 0 saturated carbocycles. The highest BCUT2D eigenvalue weighted by Gasteiger charge is 1.95. The Morgan fingerprint density at radius 1 is 1.64 bits per heavy atom. The van der Waals surface area contributed by atoms with Crippen molar-refractivity contribution in [3.05, 3.63) is 22.8 Å². The quantitative estimate of drug-likeness (QED) is 0.743. The number of urea groups is 1. The molecule has 11 heavy (non-hydrogen) atoms. The van der Waals surface area contributed by atoms with Crippen LogP contribution in [0.1, 0.15) is 0 Å². The number of nitrogens with two attached hydrogens (primary N) is 1. The highest BCUT2D eigenvalue weighted by atomic mass is 79.9. The van der Waals surface area contributed by atoms with Gasteiger partial charge in [-0.2, -0.15) is 0 Å². The zero-order valence-corrected chi connectivity index (χ0v) is 7.13. The molecule has 0 saturated heterocycles. The first-order valence-corrected chi connectivity index (χ1v) is 3.66. The summed E-state index contributed by atoms with van der Waals surface area (Å²) in [4.78, 5) is 14.2. The lowest BCUT2D eigenvalue weighted by molar-refractivity contribution is 0.259. The summed E-state index contributed by atoms with van der Waals surface area (Å²) in [7, 11) is 0. The van der Waals surface area contributed by atoms with E-state index in [4.69, 9.17) is 5.73 Å². The third-order valence-electron chi connectivity index (χ3n) is 0.979. The monoisotopic (exact) mass is 215 g/mol. The number of carbonyl (C=O) groups is 1. The molecule has 0 bridgehead atoms. The standard InChI is InChI=1S/C6H6BrN3O/c7-4-1-2-5(9-3-4)10-6(8)11/h1-3H,(H3,8,9,10,11). The molecule has 0 atom stereocenters. The van der Waals surface area contributed by atoms with Gasteiger partial charge in [-0.1, -0.05) is 0 Å². The third-order valence-corrected chi connectivity index (χ3v) is 1.45. The molecule has 3 N–H and O–H groups in total. The van der Waals surface area contributed by atoms with Crippen LogP contribution in [0.3, 0.4) is 0 Å². The summed E-state index contributed by atoms with van der Waals surface area (Å²) in [6.07, 6.45) is 1.57. The Kier molecular flexibility index (Phi) is 2.43. The third kappa shape index (κ3) is 2.55. The van der Waals surface area contributed by atoms with E-state index in [1.165, 1.54) is 0 Å². The molecule has 1 aromatic heterocycles. The van der Waals surface area contributed by atoms with E-state index in [9.17, 15) is 4.79 Å². The summed E-state index contributed by atoms with van der Waals surface area (Å²) in [5, 5.41) is 2.34. The highest BCUT2D eigenvalue weighted by molar-refractivity contribution is 9.10. The molecule has 0 spiro atoms. The van der Waals surface area contributed by atoms with Gasteiger partial charge in [-0.3, -0.25) is 5.32 Å². The molecule has 58 valence electrons. The molecule has 0 unspecified atom stereocenters. The molecular formula is C6H6BrN3O. The van der Waals surface area contributed by atoms with Gasteiger partial charge in [0.2, 0.25) is 0 Å². The molecule has 0 aliphatic heterocycles. The predicted octanol–water partition coefficient (Wildman–Crippen LogP) is 1.33. The zero-order valence-electron chi connectivity index (χ0n) is 5.54. The van der Waals surface area contributed by atoms with Gasteiger partial charge in [0.05, 0.1) is 0 Å². The molecule has 1 heterocycles. The maximum Gasteiger partial charge on any atom is 0.317 e. The van der Waals surface area contributed by atoms with Crippen LogP contribution in [-0.2, 0) is 0 Å². The van der Waals surface area contributed by atoms with Crippen molar-refractivity contribution in [3.63, 3.8) is 0 Å². The van der Waals surface area contributed by atoms with Crippen LogP contribution < -0.4 is 11.1 Å². The topological polar surface area (TPSA) is 68.0 Å². The fourth-order valence-electron chi connectivity index (χ4n) is 0.576. The Labute approximate surface area is 71.9 Å². The van der Waals surface area contributed by atoms with Crippen molar-refractivity contribution in [2.45, 2.75) is 0 Å². The second kappa shape index (κ2) is 3.34. The first-order valence-electron chi connectivity index (χ1n) is 2.86. The van der Waals surface area contributed by atoms with Crippen molar-refractivity contribution in [3.8, 4) is 0 Å². The van der Waals surface area contributed by atoms with Crippen molar-refractivity contribution in [2.75, 3.05) is 5.32 Å². The zero-order chi connectivity index (χ0) is 8.27. The van der Waals surface area contributed by atoms with Crippen LogP contribution in [0.4, 0.5) is 10.6 Å². The van der Waals surface area contributed by atoms with Gasteiger partial charge in [0.15, 0.2) is 0 Å². The molecule has 0 fully saturated rings. The van der Waals surface area contributed by atoms with Gasteiger partial charge in [0, 0.05) is 10.7 Å². The number of anilines is 1. The lowest BCUT2D eigenvalue weighted by Gasteiger charge is -1.98. The minimum Gasteiger partial charge on any atom is -0.351 e. The molecule has 0 aliphatic carbocycles. The van der Waals surface area contributed by atoms with Crippen LogP contribution in [0.15, 0.2) is 22.8 Å². The van der Waals surface area contributed by atoms with Gasteiger partial charge >= 0.3 is 6.03 Å². The first kappa shape index (κ1) is 8.00. The second-order valence-corrected chi connectivity index (χ2v) is 2.77. The van der Waals surface area contributed by atoms with E-state index in [-0.39, 0.29) is 0 Å². The van der Waals surface area contributed by atoms with Crippen molar-refractivity contribution >= 4 is 27.8 Å². The van der Waals surface area contributed by atoms with Crippen LogP contribution in [0, 0.1) is 0 Å². The Morgan fingerprint density at radius 2 is 2.36 bits per heavy atom. The minimum atomic E-state index is -0.611. The summed E-state index contributed by atoms with van der Waals surface area (Å²) in [6.45, 7) is 0. The molecule has 1 aromatic rings. The maximum atomic E-state index is 10.3. The number of pyridine rings is 1. The molecule has 4 nitrogen and oxygen atoms in total. The van der Waals surface area contributed by atoms with E-state index >= 15 is 0 Å². The Bertz CT molecular complexity index is 259. The second-order valence-electron chi connectivity index (χ2n) is 1.85. The average Bonchev–Trinajstić information content (AvgIpc) is 1.93. The first-order chi connectivity index (χ1) is 5.18. The van der Waals surface area contributed by atoms with Crippen molar-refractivity contribution in [1.29, 1.82) is 0 Å². The SMILES string of the molecule is NC(=O)Nc1ccc(Br)cn1. The fraction of sp³-hybridized carbons (Fsp3) is 0. The smallest absolute Gasteiger partial charge is 0.317 e. The maximum absolute atomic E-state index is 10.3. The number of hydrogen-bond donors (Lipinski definition) is 2. The van der Waals surface area contributed by atoms with Gasteiger partial charge < -0.3 is 5.73 Å².